The lowest BCUT2D eigenvalue weighted by molar-refractivity contribution is -0.116. The number of pyridine rings is 1. The Morgan fingerprint density at radius 2 is 2.36 bits per heavy atom. The minimum Gasteiger partial charge on any atom is -0.300 e. The molecule has 0 N–H and O–H groups in total. The maximum atomic E-state index is 11.1. The second-order valence-electron chi connectivity index (χ2n) is 3.14. The Labute approximate surface area is 84.8 Å². The average Bonchev–Trinajstić information content (AvgIpc) is 2.17. The highest BCUT2D eigenvalue weighted by Gasteiger charge is 2.06. The summed E-state index contributed by atoms with van der Waals surface area (Å²) in [5.74, 6) is 0.686. The average molecular weight is 191 g/mol. The normalized spacial score (nSPS) is 9.93. The van der Waals surface area contributed by atoms with E-state index in [1.807, 2.05) is 12.1 Å². The highest BCUT2D eigenvalue weighted by atomic mass is 16.2. The second-order valence-corrected chi connectivity index (χ2v) is 3.14. The van der Waals surface area contributed by atoms with Gasteiger partial charge in [-0.1, -0.05) is 6.92 Å². The maximum Gasteiger partial charge on any atom is 0.224 e. The van der Waals surface area contributed by atoms with Crippen LogP contribution in [-0.2, 0) is 4.79 Å². The standard InChI is InChI=1S/C11H15N2O/c1-4-5-10-6-7-12-11(8-10)13(3)9(2)14/h5-8H,4H2,1-3H3. The van der Waals surface area contributed by atoms with E-state index >= 15 is 0 Å². The largest absolute Gasteiger partial charge is 0.300 e. The number of carbonyl (C=O) groups excluding carboxylic acids is 1. The second kappa shape index (κ2) is 4.74. The SMILES string of the molecule is CC[CH]c1ccnc(N(C)C(C)=O)c1. The summed E-state index contributed by atoms with van der Waals surface area (Å²) in [6.07, 6.45) is 4.79. The number of hydrogen-bond donors (Lipinski definition) is 0. The molecule has 0 aromatic carbocycles. The summed E-state index contributed by atoms with van der Waals surface area (Å²) in [5, 5.41) is 0. The summed E-state index contributed by atoms with van der Waals surface area (Å²) in [6, 6.07) is 3.84. The molecule has 0 aliphatic carbocycles. The van der Waals surface area contributed by atoms with Gasteiger partial charge in [0.2, 0.25) is 5.91 Å². The van der Waals surface area contributed by atoms with E-state index in [-0.39, 0.29) is 5.91 Å². The van der Waals surface area contributed by atoms with E-state index in [1.165, 1.54) is 11.8 Å². The van der Waals surface area contributed by atoms with E-state index in [2.05, 4.69) is 18.3 Å². The van der Waals surface area contributed by atoms with Crippen molar-refractivity contribution in [3.63, 3.8) is 0 Å². The van der Waals surface area contributed by atoms with Crippen molar-refractivity contribution in [1.29, 1.82) is 0 Å². The van der Waals surface area contributed by atoms with E-state index in [1.54, 1.807) is 13.2 Å². The van der Waals surface area contributed by atoms with Crippen LogP contribution in [0.15, 0.2) is 18.3 Å². The first-order valence-corrected chi connectivity index (χ1v) is 4.68. The fourth-order valence-electron chi connectivity index (χ4n) is 1.14. The van der Waals surface area contributed by atoms with Crippen molar-refractivity contribution < 1.29 is 4.79 Å². The Morgan fingerprint density at radius 3 is 2.93 bits per heavy atom. The van der Waals surface area contributed by atoms with Gasteiger partial charge in [-0.2, -0.15) is 0 Å². The molecule has 1 radical (unpaired) electrons. The van der Waals surface area contributed by atoms with Gasteiger partial charge in [0.1, 0.15) is 5.82 Å². The summed E-state index contributed by atoms with van der Waals surface area (Å²) >= 11 is 0. The molecule has 0 aliphatic heterocycles. The molecule has 1 rings (SSSR count). The first-order chi connectivity index (χ1) is 6.65. The van der Waals surface area contributed by atoms with Crippen molar-refractivity contribution >= 4 is 11.7 Å². The van der Waals surface area contributed by atoms with Crippen molar-refractivity contribution in [2.45, 2.75) is 20.3 Å². The number of nitrogens with zero attached hydrogens (tertiary/aromatic N) is 2. The number of rotatable bonds is 3. The quantitative estimate of drug-likeness (QED) is 0.732. The van der Waals surface area contributed by atoms with Gasteiger partial charge in [-0.25, -0.2) is 4.98 Å². The van der Waals surface area contributed by atoms with Crippen molar-refractivity contribution in [3.05, 3.63) is 30.3 Å². The number of aromatic nitrogens is 1. The van der Waals surface area contributed by atoms with Crippen LogP contribution in [0.2, 0.25) is 0 Å². The molecule has 0 bridgehead atoms. The molecule has 3 nitrogen and oxygen atoms in total. The molecule has 1 heterocycles. The van der Waals surface area contributed by atoms with Crippen molar-refractivity contribution in [2.24, 2.45) is 0 Å². The first-order valence-electron chi connectivity index (χ1n) is 4.68. The predicted molar refractivity (Wildman–Crippen MR) is 57.0 cm³/mol. The maximum absolute atomic E-state index is 11.1. The Balaban J connectivity index is 2.87. The minimum absolute atomic E-state index is 0.00820. The fraction of sp³-hybridized carbons (Fsp3) is 0.364. The monoisotopic (exact) mass is 191 g/mol. The van der Waals surface area contributed by atoms with E-state index in [0.717, 1.165) is 12.0 Å². The predicted octanol–water partition coefficient (Wildman–Crippen LogP) is 2.03. The minimum atomic E-state index is -0.00820. The first kappa shape index (κ1) is 10.7. The van der Waals surface area contributed by atoms with Crippen LogP contribution < -0.4 is 4.90 Å². The molecular weight excluding hydrogens is 176 g/mol. The number of amides is 1. The molecule has 0 spiro atoms. The summed E-state index contributed by atoms with van der Waals surface area (Å²) in [6.45, 7) is 3.60. The van der Waals surface area contributed by atoms with E-state index in [9.17, 15) is 4.79 Å². The Morgan fingerprint density at radius 1 is 1.64 bits per heavy atom. The fourth-order valence-corrected chi connectivity index (χ4v) is 1.14. The third-order valence-corrected chi connectivity index (χ3v) is 2.03. The lowest BCUT2D eigenvalue weighted by Gasteiger charge is -2.14. The summed E-state index contributed by atoms with van der Waals surface area (Å²) in [4.78, 5) is 16.8. The van der Waals surface area contributed by atoms with Gasteiger partial charge in [-0.15, -0.1) is 0 Å². The third-order valence-electron chi connectivity index (χ3n) is 2.03. The van der Waals surface area contributed by atoms with Crippen LogP contribution in [0.5, 0.6) is 0 Å². The zero-order valence-corrected chi connectivity index (χ0v) is 8.82. The van der Waals surface area contributed by atoms with Gasteiger partial charge in [-0.05, 0) is 30.5 Å². The molecule has 3 heteroatoms. The number of anilines is 1. The van der Waals surface area contributed by atoms with Crippen LogP contribution >= 0.6 is 0 Å². The molecule has 1 aromatic heterocycles. The smallest absolute Gasteiger partial charge is 0.224 e. The highest BCUT2D eigenvalue weighted by Crippen LogP contribution is 2.13. The van der Waals surface area contributed by atoms with Crippen LogP contribution in [0.25, 0.3) is 0 Å². The Bertz CT molecular complexity index is 323. The summed E-state index contributed by atoms with van der Waals surface area (Å²) in [7, 11) is 1.72. The van der Waals surface area contributed by atoms with Crippen LogP contribution in [0.4, 0.5) is 5.82 Å². The molecule has 0 atom stereocenters. The molecule has 14 heavy (non-hydrogen) atoms. The highest BCUT2D eigenvalue weighted by molar-refractivity contribution is 5.89. The molecule has 0 saturated carbocycles. The van der Waals surface area contributed by atoms with Gasteiger partial charge in [0.25, 0.3) is 0 Å². The molecular formula is C11H15N2O. The number of hydrogen-bond acceptors (Lipinski definition) is 2. The lowest BCUT2D eigenvalue weighted by atomic mass is 10.1. The van der Waals surface area contributed by atoms with E-state index < -0.39 is 0 Å². The summed E-state index contributed by atoms with van der Waals surface area (Å²) < 4.78 is 0. The molecule has 0 unspecified atom stereocenters. The Kier molecular flexibility index (Phi) is 3.63. The zero-order chi connectivity index (χ0) is 10.6. The molecule has 0 saturated heterocycles. The van der Waals surface area contributed by atoms with Gasteiger partial charge in [0, 0.05) is 20.2 Å². The molecule has 0 aliphatic rings. The molecule has 1 aromatic rings. The van der Waals surface area contributed by atoms with Gasteiger partial charge in [0.05, 0.1) is 0 Å². The van der Waals surface area contributed by atoms with Crippen molar-refractivity contribution in [1.82, 2.24) is 4.98 Å². The van der Waals surface area contributed by atoms with Crippen molar-refractivity contribution in [2.75, 3.05) is 11.9 Å². The van der Waals surface area contributed by atoms with Crippen LogP contribution in [0.3, 0.4) is 0 Å². The zero-order valence-electron chi connectivity index (χ0n) is 8.82. The van der Waals surface area contributed by atoms with E-state index in [0.29, 0.717) is 5.82 Å². The van der Waals surface area contributed by atoms with Gasteiger partial charge >= 0.3 is 0 Å². The topological polar surface area (TPSA) is 33.2 Å². The summed E-state index contributed by atoms with van der Waals surface area (Å²) in [5.41, 5.74) is 1.10. The van der Waals surface area contributed by atoms with Crippen LogP contribution in [0, 0.1) is 6.42 Å². The Hall–Kier alpha value is -1.38. The lowest BCUT2D eigenvalue weighted by Crippen LogP contribution is -2.23. The van der Waals surface area contributed by atoms with Crippen LogP contribution in [0.1, 0.15) is 25.8 Å². The molecule has 75 valence electrons. The van der Waals surface area contributed by atoms with Gasteiger partial charge in [-0.3, -0.25) is 4.79 Å². The van der Waals surface area contributed by atoms with Crippen molar-refractivity contribution in [3.8, 4) is 0 Å². The number of carbonyl (C=O) groups is 1. The molecule has 0 fully saturated rings. The van der Waals surface area contributed by atoms with Gasteiger partial charge in [0.15, 0.2) is 0 Å². The molecule has 1 amide bonds. The van der Waals surface area contributed by atoms with Gasteiger partial charge < -0.3 is 4.90 Å². The van der Waals surface area contributed by atoms with E-state index in [4.69, 9.17) is 0 Å². The third kappa shape index (κ3) is 2.55. The van der Waals surface area contributed by atoms with Crippen LogP contribution in [-0.4, -0.2) is 17.9 Å².